The molecular formula is C11H8O3. The van der Waals surface area contributed by atoms with Gasteiger partial charge in [0.05, 0.1) is 5.39 Å². The molecule has 0 aliphatic rings. The number of aldehydes is 1. The van der Waals surface area contributed by atoms with Crippen LogP contribution in [0.5, 0.6) is 11.5 Å². The van der Waals surface area contributed by atoms with Gasteiger partial charge in [0.2, 0.25) is 0 Å². The summed E-state index contributed by atoms with van der Waals surface area (Å²) < 4.78 is 0. The molecule has 3 heteroatoms. The molecule has 2 N–H and O–H groups in total. The molecule has 0 aliphatic carbocycles. The third-order valence-electron chi connectivity index (χ3n) is 2.09. The second-order valence-electron chi connectivity index (χ2n) is 3.03. The van der Waals surface area contributed by atoms with Crippen molar-refractivity contribution in [2.45, 2.75) is 0 Å². The topological polar surface area (TPSA) is 57.5 Å². The molecule has 0 bridgehead atoms. The Bertz CT molecular complexity index is 503. The van der Waals surface area contributed by atoms with Crippen LogP contribution in [0.15, 0.2) is 30.3 Å². The third-order valence-corrected chi connectivity index (χ3v) is 2.09. The Morgan fingerprint density at radius 1 is 1.07 bits per heavy atom. The van der Waals surface area contributed by atoms with Crippen LogP contribution in [0.2, 0.25) is 0 Å². The average molecular weight is 188 g/mol. The Kier molecular flexibility index (Phi) is 1.85. The van der Waals surface area contributed by atoms with E-state index in [2.05, 4.69) is 0 Å². The summed E-state index contributed by atoms with van der Waals surface area (Å²) in [4.78, 5) is 10.5. The number of benzene rings is 2. The monoisotopic (exact) mass is 188 g/mol. The predicted octanol–water partition coefficient (Wildman–Crippen LogP) is 2.06. The quantitative estimate of drug-likeness (QED) is 0.673. The summed E-state index contributed by atoms with van der Waals surface area (Å²) in [6, 6.07) is 7.81. The summed E-state index contributed by atoms with van der Waals surface area (Å²) in [5, 5.41) is 20.0. The van der Waals surface area contributed by atoms with Crippen molar-refractivity contribution in [2.24, 2.45) is 0 Å². The maximum Gasteiger partial charge on any atom is 0.150 e. The molecule has 0 saturated heterocycles. The lowest BCUT2D eigenvalue weighted by molar-refractivity contribution is 0.112. The number of carbonyl (C=O) groups excluding carboxylic acids is 1. The van der Waals surface area contributed by atoms with E-state index in [1.54, 1.807) is 18.2 Å². The molecule has 0 heterocycles. The molecule has 0 aromatic heterocycles. The van der Waals surface area contributed by atoms with Gasteiger partial charge in [0.25, 0.3) is 0 Å². The standard InChI is InChI=1S/C11H8O3/c12-6-7-4-8-2-1-3-9(13)11(8)10(14)5-7/h1-6,13-14H. The van der Waals surface area contributed by atoms with Gasteiger partial charge >= 0.3 is 0 Å². The van der Waals surface area contributed by atoms with Gasteiger partial charge in [-0.25, -0.2) is 0 Å². The first-order valence-electron chi connectivity index (χ1n) is 4.12. The molecule has 0 saturated carbocycles. The van der Waals surface area contributed by atoms with Crippen LogP contribution in [-0.4, -0.2) is 16.5 Å². The molecule has 0 aliphatic heterocycles. The minimum Gasteiger partial charge on any atom is -0.507 e. The highest BCUT2D eigenvalue weighted by molar-refractivity contribution is 5.97. The molecule has 0 amide bonds. The summed E-state index contributed by atoms with van der Waals surface area (Å²) in [6.45, 7) is 0. The van der Waals surface area contributed by atoms with Crippen LogP contribution in [0.25, 0.3) is 10.8 Å². The molecule has 0 spiro atoms. The van der Waals surface area contributed by atoms with Crippen LogP contribution in [0.3, 0.4) is 0 Å². The smallest absolute Gasteiger partial charge is 0.150 e. The minimum atomic E-state index is -0.0808. The molecule has 0 atom stereocenters. The molecule has 0 fully saturated rings. The van der Waals surface area contributed by atoms with Gasteiger partial charge in [0.1, 0.15) is 17.8 Å². The normalized spacial score (nSPS) is 10.3. The number of phenolic OH excluding ortho intramolecular Hbond substituents is 2. The van der Waals surface area contributed by atoms with E-state index in [9.17, 15) is 15.0 Å². The first-order chi connectivity index (χ1) is 6.72. The summed E-state index contributed by atoms with van der Waals surface area (Å²) in [6.07, 6.45) is 0.656. The minimum absolute atomic E-state index is 0.0115. The van der Waals surface area contributed by atoms with Crippen molar-refractivity contribution < 1.29 is 15.0 Å². The molecule has 70 valence electrons. The van der Waals surface area contributed by atoms with Crippen LogP contribution in [0, 0.1) is 0 Å². The zero-order valence-electron chi connectivity index (χ0n) is 7.27. The van der Waals surface area contributed by atoms with Gasteiger partial charge in [-0.15, -0.1) is 0 Å². The fourth-order valence-corrected chi connectivity index (χ4v) is 1.48. The van der Waals surface area contributed by atoms with E-state index >= 15 is 0 Å². The first-order valence-corrected chi connectivity index (χ1v) is 4.12. The Balaban J connectivity index is 2.89. The number of fused-ring (bicyclic) bond motifs is 1. The first kappa shape index (κ1) is 8.56. The van der Waals surface area contributed by atoms with Gasteiger partial charge in [0.15, 0.2) is 0 Å². The van der Waals surface area contributed by atoms with Gasteiger partial charge in [-0.3, -0.25) is 4.79 Å². The van der Waals surface area contributed by atoms with Gasteiger partial charge < -0.3 is 10.2 Å². The fraction of sp³-hybridized carbons (Fsp3) is 0. The maximum absolute atomic E-state index is 10.5. The fourth-order valence-electron chi connectivity index (χ4n) is 1.48. The Hall–Kier alpha value is -2.03. The number of phenols is 2. The van der Waals surface area contributed by atoms with E-state index in [0.717, 1.165) is 0 Å². The Labute approximate surface area is 80.2 Å². The van der Waals surface area contributed by atoms with Crippen molar-refractivity contribution in [2.75, 3.05) is 0 Å². The number of hydrogen-bond donors (Lipinski definition) is 2. The number of rotatable bonds is 1. The largest absolute Gasteiger partial charge is 0.507 e. The number of aromatic hydroxyl groups is 2. The van der Waals surface area contributed by atoms with E-state index < -0.39 is 0 Å². The van der Waals surface area contributed by atoms with E-state index in [1.807, 2.05) is 0 Å². The maximum atomic E-state index is 10.5. The average Bonchev–Trinajstić information content (AvgIpc) is 2.17. The molecule has 0 unspecified atom stereocenters. The van der Waals surface area contributed by atoms with Crippen LogP contribution in [0.1, 0.15) is 10.4 Å². The third kappa shape index (κ3) is 1.19. The second-order valence-corrected chi connectivity index (χ2v) is 3.03. The number of hydrogen-bond acceptors (Lipinski definition) is 3. The lowest BCUT2D eigenvalue weighted by Gasteiger charge is -2.03. The predicted molar refractivity (Wildman–Crippen MR) is 52.7 cm³/mol. The van der Waals surface area contributed by atoms with Crippen LogP contribution in [-0.2, 0) is 0 Å². The van der Waals surface area contributed by atoms with Crippen molar-refractivity contribution in [3.8, 4) is 11.5 Å². The lowest BCUT2D eigenvalue weighted by atomic mass is 10.1. The van der Waals surface area contributed by atoms with Crippen molar-refractivity contribution in [1.82, 2.24) is 0 Å². The molecule has 3 nitrogen and oxygen atoms in total. The van der Waals surface area contributed by atoms with E-state index in [4.69, 9.17) is 0 Å². The van der Waals surface area contributed by atoms with Gasteiger partial charge in [-0.1, -0.05) is 12.1 Å². The molecule has 2 rings (SSSR count). The van der Waals surface area contributed by atoms with Gasteiger partial charge in [-0.05, 0) is 23.6 Å². The molecule has 2 aromatic rings. The van der Waals surface area contributed by atoms with Crippen LogP contribution >= 0.6 is 0 Å². The highest BCUT2D eigenvalue weighted by Crippen LogP contribution is 2.32. The lowest BCUT2D eigenvalue weighted by Crippen LogP contribution is -1.82. The zero-order valence-corrected chi connectivity index (χ0v) is 7.27. The van der Waals surface area contributed by atoms with E-state index in [-0.39, 0.29) is 11.5 Å². The van der Waals surface area contributed by atoms with Crippen molar-refractivity contribution >= 4 is 17.1 Å². The van der Waals surface area contributed by atoms with E-state index in [1.165, 1.54) is 12.1 Å². The summed E-state index contributed by atoms with van der Waals surface area (Å²) in [7, 11) is 0. The highest BCUT2D eigenvalue weighted by atomic mass is 16.3. The summed E-state index contributed by atoms with van der Waals surface area (Å²) >= 11 is 0. The molecule has 2 aromatic carbocycles. The molecular weight excluding hydrogens is 180 g/mol. The second kappa shape index (κ2) is 3.03. The van der Waals surface area contributed by atoms with Crippen molar-refractivity contribution in [1.29, 1.82) is 0 Å². The van der Waals surface area contributed by atoms with Crippen LogP contribution < -0.4 is 0 Å². The van der Waals surface area contributed by atoms with E-state index in [0.29, 0.717) is 22.6 Å². The Morgan fingerprint density at radius 2 is 1.86 bits per heavy atom. The van der Waals surface area contributed by atoms with Crippen molar-refractivity contribution in [3.63, 3.8) is 0 Å². The van der Waals surface area contributed by atoms with Crippen LogP contribution in [0.4, 0.5) is 0 Å². The molecule has 14 heavy (non-hydrogen) atoms. The SMILES string of the molecule is O=Cc1cc(O)c2c(O)cccc2c1. The summed E-state index contributed by atoms with van der Waals surface area (Å²) in [5.41, 5.74) is 0.389. The molecule has 0 radical (unpaired) electrons. The van der Waals surface area contributed by atoms with Crippen molar-refractivity contribution in [3.05, 3.63) is 35.9 Å². The number of carbonyl (C=O) groups is 1. The van der Waals surface area contributed by atoms with Gasteiger partial charge in [-0.2, -0.15) is 0 Å². The summed E-state index contributed by atoms with van der Waals surface area (Å²) in [5.74, 6) is -0.0693. The highest BCUT2D eigenvalue weighted by Gasteiger charge is 2.06. The zero-order chi connectivity index (χ0) is 10.1. The Morgan fingerprint density at radius 3 is 2.57 bits per heavy atom. The van der Waals surface area contributed by atoms with Gasteiger partial charge in [0, 0.05) is 5.56 Å².